The number of rotatable bonds is 4. The maximum atomic E-state index is 12.4. The van der Waals surface area contributed by atoms with Crippen molar-refractivity contribution in [3.8, 4) is 5.75 Å². The number of esters is 1. The number of fused-ring (bicyclic) bond motifs is 1. The molecule has 3 N–H and O–H groups in total. The number of ether oxygens (including phenoxy) is 1. The van der Waals surface area contributed by atoms with Crippen molar-refractivity contribution >= 4 is 38.4 Å². The molecule has 0 aliphatic heterocycles. The minimum Gasteiger partial charge on any atom is -0.748 e. The lowest BCUT2D eigenvalue weighted by atomic mass is 10.1. The monoisotopic (exact) mass is 430 g/mol. The van der Waals surface area contributed by atoms with Gasteiger partial charge in [-0.15, -0.1) is 0 Å². The van der Waals surface area contributed by atoms with Crippen molar-refractivity contribution < 1.29 is 27.4 Å². The summed E-state index contributed by atoms with van der Waals surface area (Å²) in [7, 11) is -3.92. The second-order valence-electron chi connectivity index (χ2n) is 6.00. The van der Waals surface area contributed by atoms with Gasteiger partial charge < -0.3 is 15.0 Å². The Labute approximate surface area is 171 Å². The van der Waals surface area contributed by atoms with E-state index in [1.165, 1.54) is 12.1 Å². The van der Waals surface area contributed by atoms with Crippen LogP contribution >= 0.6 is 0 Å². The minimum absolute atomic E-state index is 0.00809. The van der Waals surface area contributed by atoms with E-state index in [9.17, 15) is 14.9 Å². The SMILES string of the molecule is CS(=O)(=O)[O-].N=C(N)c1cc([N+](=O)[O-])ccc1C(=O)Oc1ccc2ccccc2c1. The summed E-state index contributed by atoms with van der Waals surface area (Å²) >= 11 is 0. The number of nitro groups is 1. The summed E-state index contributed by atoms with van der Waals surface area (Å²) in [6.07, 6.45) is 0.604. The molecule has 30 heavy (non-hydrogen) atoms. The number of nitrogens with zero attached hydrogens (tertiary/aromatic N) is 1. The zero-order valence-corrected chi connectivity index (χ0v) is 16.4. The van der Waals surface area contributed by atoms with Crippen LogP contribution in [0.1, 0.15) is 15.9 Å². The molecule has 3 rings (SSSR count). The predicted molar refractivity (Wildman–Crippen MR) is 109 cm³/mol. The summed E-state index contributed by atoms with van der Waals surface area (Å²) in [5, 5.41) is 20.3. The highest BCUT2D eigenvalue weighted by molar-refractivity contribution is 7.84. The first-order chi connectivity index (χ1) is 14.0. The van der Waals surface area contributed by atoms with Crippen LogP contribution in [0.3, 0.4) is 0 Å². The van der Waals surface area contributed by atoms with E-state index in [0.29, 0.717) is 12.0 Å². The van der Waals surface area contributed by atoms with Gasteiger partial charge >= 0.3 is 5.97 Å². The van der Waals surface area contributed by atoms with E-state index in [1.807, 2.05) is 30.3 Å². The van der Waals surface area contributed by atoms with Gasteiger partial charge in [0.1, 0.15) is 11.6 Å². The summed E-state index contributed by atoms with van der Waals surface area (Å²) in [6, 6.07) is 16.3. The first kappa shape index (κ1) is 22.5. The molecule has 0 amide bonds. The number of nitrogens with one attached hydrogen (secondary N) is 1. The molecule has 0 radical (unpaired) electrons. The van der Waals surface area contributed by atoms with E-state index in [4.69, 9.17) is 28.9 Å². The van der Waals surface area contributed by atoms with Crippen LogP contribution in [-0.4, -0.2) is 36.0 Å². The van der Waals surface area contributed by atoms with Crippen molar-refractivity contribution in [3.63, 3.8) is 0 Å². The van der Waals surface area contributed by atoms with Gasteiger partial charge in [0.25, 0.3) is 5.69 Å². The summed E-state index contributed by atoms with van der Waals surface area (Å²) in [4.78, 5) is 22.6. The van der Waals surface area contributed by atoms with Gasteiger partial charge in [0.05, 0.1) is 20.6 Å². The number of hydrogen-bond donors (Lipinski definition) is 2. The van der Waals surface area contributed by atoms with Gasteiger partial charge in [-0.1, -0.05) is 30.3 Å². The molecule has 0 aromatic heterocycles. The molecule has 11 heteroatoms. The van der Waals surface area contributed by atoms with Gasteiger partial charge in [0, 0.05) is 24.0 Å². The number of carbonyl (C=O) groups is 1. The Bertz CT molecular complexity index is 1230. The standard InChI is InChI=1S/C18H13N3O4.CH4O3S/c19-17(20)16-10-13(21(23)24)6-8-15(16)18(22)25-14-7-5-11-3-1-2-4-12(11)9-14;1-5(2,3)4/h1-10H,(H3,19,20);1H3,(H,2,3,4)/p-1. The number of amidine groups is 1. The maximum Gasteiger partial charge on any atom is 0.344 e. The number of non-ortho nitro benzene ring substituents is 1. The summed E-state index contributed by atoms with van der Waals surface area (Å²) in [5.41, 5.74) is 5.14. The normalized spacial score (nSPS) is 10.6. The third-order valence-electron chi connectivity index (χ3n) is 3.66. The maximum absolute atomic E-state index is 12.4. The third-order valence-corrected chi connectivity index (χ3v) is 3.66. The molecule has 0 aliphatic carbocycles. The van der Waals surface area contributed by atoms with Gasteiger partial charge in [-0.05, 0) is 29.0 Å². The number of nitrogen functional groups attached to an aromatic ring is 1. The molecule has 156 valence electrons. The summed E-state index contributed by atoms with van der Waals surface area (Å²) < 4.78 is 32.6. The Morgan fingerprint density at radius 2 is 1.63 bits per heavy atom. The van der Waals surface area contributed by atoms with E-state index in [-0.39, 0.29) is 16.8 Å². The average molecular weight is 430 g/mol. The lowest BCUT2D eigenvalue weighted by Crippen LogP contribution is -2.19. The third kappa shape index (κ3) is 6.36. The van der Waals surface area contributed by atoms with Crippen molar-refractivity contribution in [1.82, 2.24) is 0 Å². The Morgan fingerprint density at radius 3 is 2.20 bits per heavy atom. The van der Waals surface area contributed by atoms with Crippen LogP contribution in [0.5, 0.6) is 5.75 Å². The van der Waals surface area contributed by atoms with Gasteiger partial charge in [0.15, 0.2) is 0 Å². The molecular formula is C19H16N3O7S-. The van der Waals surface area contributed by atoms with Crippen LogP contribution in [0.25, 0.3) is 10.8 Å². The fourth-order valence-corrected chi connectivity index (χ4v) is 2.44. The number of hydrogen-bond acceptors (Lipinski definition) is 8. The predicted octanol–water partition coefficient (Wildman–Crippen LogP) is 2.41. The fourth-order valence-electron chi connectivity index (χ4n) is 2.44. The highest BCUT2D eigenvalue weighted by atomic mass is 32.2. The first-order valence-corrected chi connectivity index (χ1v) is 10.0. The number of nitrogens with two attached hydrogens (primary N) is 1. The second-order valence-corrected chi connectivity index (χ2v) is 7.41. The quantitative estimate of drug-likeness (QED) is 0.120. The average Bonchev–Trinajstić information content (AvgIpc) is 2.66. The highest BCUT2D eigenvalue weighted by Crippen LogP contribution is 2.23. The van der Waals surface area contributed by atoms with Crippen molar-refractivity contribution in [2.24, 2.45) is 5.73 Å². The van der Waals surface area contributed by atoms with Crippen LogP contribution in [0, 0.1) is 15.5 Å². The van der Waals surface area contributed by atoms with Crippen molar-refractivity contribution in [1.29, 1.82) is 5.41 Å². The number of benzene rings is 3. The van der Waals surface area contributed by atoms with Crippen LogP contribution in [0.2, 0.25) is 0 Å². The van der Waals surface area contributed by atoms with Crippen molar-refractivity contribution in [3.05, 3.63) is 81.9 Å². The van der Waals surface area contributed by atoms with E-state index in [2.05, 4.69) is 0 Å². The van der Waals surface area contributed by atoms with Gasteiger partial charge in [-0.25, -0.2) is 13.2 Å². The highest BCUT2D eigenvalue weighted by Gasteiger charge is 2.19. The first-order valence-electron chi connectivity index (χ1n) is 8.20. The molecule has 0 saturated carbocycles. The van der Waals surface area contributed by atoms with Crippen LogP contribution < -0.4 is 10.5 Å². The Balaban J connectivity index is 0.000000575. The zero-order valence-electron chi connectivity index (χ0n) is 15.6. The van der Waals surface area contributed by atoms with Crippen molar-refractivity contribution in [2.75, 3.05) is 6.26 Å². The van der Waals surface area contributed by atoms with Crippen molar-refractivity contribution in [2.45, 2.75) is 0 Å². The van der Waals surface area contributed by atoms with E-state index in [0.717, 1.165) is 16.8 Å². The molecule has 10 nitrogen and oxygen atoms in total. The van der Waals surface area contributed by atoms with E-state index in [1.54, 1.807) is 12.1 Å². The molecule has 0 atom stereocenters. The molecule has 3 aromatic rings. The molecule has 3 aromatic carbocycles. The number of nitro benzene ring substituents is 1. The van der Waals surface area contributed by atoms with Gasteiger partial charge in [0.2, 0.25) is 0 Å². The largest absolute Gasteiger partial charge is 0.748 e. The molecule has 0 fully saturated rings. The Hall–Kier alpha value is -3.83. The summed E-state index contributed by atoms with van der Waals surface area (Å²) in [6.45, 7) is 0. The molecule has 0 heterocycles. The van der Waals surface area contributed by atoms with Gasteiger partial charge in [-0.3, -0.25) is 15.5 Å². The Morgan fingerprint density at radius 1 is 1.03 bits per heavy atom. The second kappa shape index (κ2) is 9.11. The van der Waals surface area contributed by atoms with E-state index >= 15 is 0 Å². The van der Waals surface area contributed by atoms with Crippen LogP contribution in [-0.2, 0) is 10.1 Å². The molecule has 0 unspecified atom stereocenters. The van der Waals surface area contributed by atoms with E-state index < -0.39 is 26.8 Å². The minimum atomic E-state index is -3.92. The Kier molecular flexibility index (Phi) is 6.82. The number of carbonyl (C=O) groups excluding carboxylic acids is 1. The molecule has 0 aliphatic rings. The lowest BCUT2D eigenvalue weighted by Gasteiger charge is -2.09. The fraction of sp³-hybridized carbons (Fsp3) is 0.0526. The molecular weight excluding hydrogens is 414 g/mol. The molecule has 0 saturated heterocycles. The smallest absolute Gasteiger partial charge is 0.344 e. The lowest BCUT2D eigenvalue weighted by molar-refractivity contribution is -0.384. The van der Waals surface area contributed by atoms with Crippen LogP contribution in [0.15, 0.2) is 60.7 Å². The summed E-state index contributed by atoms with van der Waals surface area (Å²) in [5.74, 6) is -0.860. The van der Waals surface area contributed by atoms with Crippen LogP contribution in [0.4, 0.5) is 5.69 Å². The molecule has 0 spiro atoms. The molecule has 0 bridgehead atoms. The topological polar surface area (TPSA) is 177 Å². The zero-order chi connectivity index (χ0) is 22.5. The van der Waals surface area contributed by atoms with Gasteiger partial charge in [-0.2, -0.15) is 0 Å².